The summed E-state index contributed by atoms with van der Waals surface area (Å²) in [4.78, 5) is 5.10. The van der Waals surface area contributed by atoms with Crippen LogP contribution in [0.25, 0.3) is 44.3 Å². The second-order valence-electron chi connectivity index (χ2n) is 19.9. The third kappa shape index (κ3) is 6.28. The highest BCUT2D eigenvalue weighted by Crippen LogP contribution is 2.48. The van der Waals surface area contributed by atoms with E-state index < -0.39 is 0 Å². The number of hydrogen-bond acceptors (Lipinski definition) is 2. The lowest BCUT2D eigenvalue weighted by atomic mass is 9.33. The van der Waals surface area contributed by atoms with Crippen LogP contribution in [-0.4, -0.2) is 15.8 Å². The zero-order valence-electron chi connectivity index (χ0n) is 37.9. The maximum Gasteiger partial charge on any atom is 0.252 e. The van der Waals surface area contributed by atoms with Crippen molar-refractivity contribution in [3.05, 3.63) is 212 Å². The Morgan fingerprint density at radius 1 is 0.369 bits per heavy atom. The van der Waals surface area contributed by atoms with Gasteiger partial charge in [-0.25, -0.2) is 0 Å². The van der Waals surface area contributed by atoms with E-state index in [0.29, 0.717) is 0 Å². The van der Waals surface area contributed by atoms with Gasteiger partial charge in [0.2, 0.25) is 0 Å². The molecule has 0 aliphatic carbocycles. The molecule has 10 aromatic rings. The maximum atomic E-state index is 2.56. The van der Waals surface area contributed by atoms with Crippen molar-refractivity contribution < 1.29 is 0 Å². The van der Waals surface area contributed by atoms with Crippen molar-refractivity contribution in [1.29, 1.82) is 0 Å². The summed E-state index contributed by atoms with van der Waals surface area (Å²) in [5.74, 6) is 0. The molecule has 0 saturated heterocycles. The normalized spacial score (nSPS) is 13.3. The molecule has 0 atom stereocenters. The molecule has 314 valence electrons. The van der Waals surface area contributed by atoms with Crippen molar-refractivity contribution in [2.24, 2.45) is 0 Å². The molecule has 0 radical (unpaired) electrons. The van der Waals surface area contributed by atoms with Gasteiger partial charge in [-0.2, -0.15) is 0 Å². The van der Waals surface area contributed by atoms with Gasteiger partial charge in [0.1, 0.15) is 0 Å². The fourth-order valence-corrected chi connectivity index (χ4v) is 10.5. The Bertz CT molecular complexity index is 3460. The Balaban J connectivity index is 1.14. The monoisotopic (exact) mass is 838 g/mol. The Kier molecular flexibility index (Phi) is 8.74. The second kappa shape index (κ2) is 14.5. The molecule has 2 aliphatic rings. The minimum absolute atomic E-state index is 0.0133. The van der Waals surface area contributed by atoms with Crippen LogP contribution in [0.4, 0.5) is 34.1 Å². The molecule has 0 bridgehead atoms. The lowest BCUT2D eigenvalue weighted by Crippen LogP contribution is -2.61. The number of para-hydroxylation sites is 3. The van der Waals surface area contributed by atoms with Crippen LogP contribution in [0, 0.1) is 0 Å². The van der Waals surface area contributed by atoms with Crippen molar-refractivity contribution in [2.75, 3.05) is 9.80 Å². The average molecular weight is 839 g/mol. The van der Waals surface area contributed by atoms with E-state index >= 15 is 0 Å². The Morgan fingerprint density at radius 2 is 0.938 bits per heavy atom. The smallest absolute Gasteiger partial charge is 0.252 e. The standard InChI is InChI=1S/C60H51BN4/c1-59(2,3)43-27-24-40(25-28-43)48-20-13-14-21-51(48)65-52-31-29-44(60(4,5)6)37-50(52)61-49-36-42-33-35-63(46-18-11-8-12-19-46)56(42)39-57(49)64(53-22-15-23-54(65)58(53)61)47-30-26-41-32-34-62(55(41)38-47)45-16-9-7-10-17-45/h7-39H,1-6H3. The predicted octanol–water partition coefficient (Wildman–Crippen LogP) is 13.9. The molecule has 2 aliphatic heterocycles. The van der Waals surface area contributed by atoms with Crippen LogP contribution in [0.15, 0.2) is 200 Å². The second-order valence-corrected chi connectivity index (χ2v) is 19.9. The van der Waals surface area contributed by atoms with E-state index in [4.69, 9.17) is 0 Å². The highest BCUT2D eigenvalue weighted by Gasteiger charge is 2.44. The van der Waals surface area contributed by atoms with E-state index in [2.05, 4.69) is 261 Å². The summed E-state index contributed by atoms with van der Waals surface area (Å²) < 4.78 is 4.65. The highest BCUT2D eigenvalue weighted by atomic mass is 15.2. The first kappa shape index (κ1) is 39.1. The first-order valence-corrected chi connectivity index (χ1v) is 23.0. The summed E-state index contributed by atoms with van der Waals surface area (Å²) in [6, 6.07) is 70.3. The van der Waals surface area contributed by atoms with Crippen LogP contribution in [-0.2, 0) is 10.8 Å². The third-order valence-corrected chi connectivity index (χ3v) is 13.9. The molecule has 5 heteroatoms. The SMILES string of the molecule is CC(C)(C)c1ccc(-c2ccccc2N2c3ccc(C(C)(C)C)cc3B3c4cc5ccn(-c6ccccc6)c5cc4N(c4ccc5ccn(-c6ccccc6)c5c4)c4cccc2c43)cc1. The Labute approximate surface area is 382 Å². The van der Waals surface area contributed by atoms with E-state index in [1.807, 2.05) is 0 Å². The minimum Gasteiger partial charge on any atom is -0.316 e. The molecular formula is C60H51BN4. The van der Waals surface area contributed by atoms with Gasteiger partial charge in [0.05, 0.1) is 16.7 Å². The van der Waals surface area contributed by atoms with Gasteiger partial charge in [-0.3, -0.25) is 0 Å². The summed E-state index contributed by atoms with van der Waals surface area (Å²) in [7, 11) is 0. The van der Waals surface area contributed by atoms with Gasteiger partial charge in [0, 0.05) is 63.2 Å². The maximum absolute atomic E-state index is 2.56. The number of fused-ring (bicyclic) bond motifs is 6. The van der Waals surface area contributed by atoms with Gasteiger partial charge >= 0.3 is 0 Å². The zero-order valence-corrected chi connectivity index (χ0v) is 37.9. The van der Waals surface area contributed by atoms with Crippen LogP contribution in [0.3, 0.4) is 0 Å². The average Bonchev–Trinajstić information content (AvgIpc) is 3.95. The van der Waals surface area contributed by atoms with Gasteiger partial charge < -0.3 is 18.9 Å². The van der Waals surface area contributed by atoms with E-state index in [-0.39, 0.29) is 17.5 Å². The van der Waals surface area contributed by atoms with Crippen molar-refractivity contribution >= 4 is 79.0 Å². The molecular weight excluding hydrogens is 787 g/mol. The minimum atomic E-state index is -0.0458. The first-order valence-electron chi connectivity index (χ1n) is 23.0. The number of aromatic nitrogens is 2. The Hall–Kier alpha value is -7.50. The summed E-state index contributed by atoms with van der Waals surface area (Å²) >= 11 is 0. The number of hydrogen-bond donors (Lipinski definition) is 0. The summed E-state index contributed by atoms with van der Waals surface area (Å²) in [6.45, 7) is 13.8. The topological polar surface area (TPSA) is 16.3 Å². The van der Waals surface area contributed by atoms with E-state index in [1.165, 1.54) is 88.9 Å². The molecule has 0 N–H and O–H groups in total. The van der Waals surface area contributed by atoms with Gasteiger partial charge in [0.25, 0.3) is 6.71 Å². The third-order valence-electron chi connectivity index (χ3n) is 13.9. The fourth-order valence-electron chi connectivity index (χ4n) is 10.5. The van der Waals surface area contributed by atoms with Crippen molar-refractivity contribution in [3.8, 4) is 22.5 Å². The number of rotatable bonds is 5. The number of nitrogens with zero attached hydrogens (tertiary/aromatic N) is 4. The first-order chi connectivity index (χ1) is 31.5. The number of benzene rings is 8. The molecule has 4 nitrogen and oxygen atoms in total. The molecule has 0 unspecified atom stereocenters. The molecule has 4 heterocycles. The molecule has 0 amide bonds. The summed E-state index contributed by atoms with van der Waals surface area (Å²) in [5, 5.41) is 2.43. The van der Waals surface area contributed by atoms with Crippen LogP contribution in [0.1, 0.15) is 52.7 Å². The summed E-state index contributed by atoms with van der Waals surface area (Å²) in [5.41, 5.74) is 20.8. The summed E-state index contributed by atoms with van der Waals surface area (Å²) in [6.07, 6.45) is 4.42. The molecule has 8 aromatic carbocycles. The molecule has 12 rings (SSSR count). The molecule has 0 spiro atoms. The zero-order chi connectivity index (χ0) is 44.2. The molecule has 0 fully saturated rings. The van der Waals surface area contributed by atoms with Crippen LogP contribution >= 0.6 is 0 Å². The van der Waals surface area contributed by atoms with Gasteiger partial charge in [-0.05, 0) is 128 Å². The van der Waals surface area contributed by atoms with E-state index in [0.717, 1.165) is 17.1 Å². The van der Waals surface area contributed by atoms with Crippen molar-refractivity contribution in [2.45, 2.75) is 52.4 Å². The van der Waals surface area contributed by atoms with Crippen molar-refractivity contribution in [3.63, 3.8) is 0 Å². The number of anilines is 6. The van der Waals surface area contributed by atoms with Gasteiger partial charge in [-0.1, -0.05) is 151 Å². The molecule has 0 saturated carbocycles. The van der Waals surface area contributed by atoms with E-state index in [1.54, 1.807) is 0 Å². The lowest BCUT2D eigenvalue weighted by molar-refractivity contribution is 0.590. The van der Waals surface area contributed by atoms with Crippen LogP contribution < -0.4 is 26.2 Å². The van der Waals surface area contributed by atoms with Gasteiger partial charge in [-0.15, -0.1) is 0 Å². The predicted molar refractivity (Wildman–Crippen MR) is 277 cm³/mol. The van der Waals surface area contributed by atoms with Gasteiger partial charge in [0.15, 0.2) is 0 Å². The van der Waals surface area contributed by atoms with Crippen LogP contribution in [0.5, 0.6) is 0 Å². The molecule has 2 aromatic heterocycles. The quantitative estimate of drug-likeness (QED) is 0.161. The fraction of sp³-hybridized carbons (Fsp3) is 0.133. The highest BCUT2D eigenvalue weighted by molar-refractivity contribution is 7.00. The van der Waals surface area contributed by atoms with E-state index in [9.17, 15) is 0 Å². The molecule has 65 heavy (non-hydrogen) atoms. The van der Waals surface area contributed by atoms with Crippen molar-refractivity contribution in [1.82, 2.24) is 9.13 Å². The van der Waals surface area contributed by atoms with Crippen LogP contribution in [0.2, 0.25) is 0 Å². The lowest BCUT2D eigenvalue weighted by Gasteiger charge is -2.45. The Morgan fingerprint density at radius 3 is 1.62 bits per heavy atom. The largest absolute Gasteiger partial charge is 0.316 e.